The van der Waals surface area contributed by atoms with Crippen LogP contribution >= 0.6 is 11.3 Å². The highest BCUT2D eigenvalue weighted by atomic mass is 32.1. The van der Waals surface area contributed by atoms with E-state index in [4.69, 9.17) is 4.74 Å². The molecule has 4 nitrogen and oxygen atoms in total. The third-order valence-corrected chi connectivity index (χ3v) is 4.90. The summed E-state index contributed by atoms with van der Waals surface area (Å²) in [5.41, 5.74) is 3.47. The summed E-state index contributed by atoms with van der Waals surface area (Å²) in [4.78, 5) is 16.7. The maximum Gasteiger partial charge on any atom is 0.350 e. The molecule has 0 aliphatic heterocycles. The summed E-state index contributed by atoms with van der Waals surface area (Å²) in [6.45, 7) is 1.84. The molecule has 1 unspecified atom stereocenters. The van der Waals surface area contributed by atoms with Gasteiger partial charge in [-0.1, -0.05) is 35.6 Å². The van der Waals surface area contributed by atoms with Crippen molar-refractivity contribution in [1.82, 2.24) is 4.98 Å². The van der Waals surface area contributed by atoms with Crippen LogP contribution in [0.4, 0.5) is 5.13 Å². The molecule has 5 heteroatoms. The summed E-state index contributed by atoms with van der Waals surface area (Å²) in [6, 6.07) is 8.80. The molecule has 0 bridgehead atoms. The Balaban J connectivity index is 1.84. The number of fused-ring (bicyclic) bond motifs is 1. The number of methoxy groups -OCH3 is 1. The van der Waals surface area contributed by atoms with Gasteiger partial charge in [-0.2, -0.15) is 0 Å². The monoisotopic (exact) mass is 302 g/mol. The number of aromatic nitrogens is 1. The quantitative estimate of drug-likeness (QED) is 0.878. The highest BCUT2D eigenvalue weighted by Gasteiger charge is 2.22. The standard InChI is InChI=1S/C16H18N2O2S/c1-10-14(15(19)20-2)21-16(17-10)18-13-9-5-7-11-6-3-4-8-12(11)13/h3-4,6,8,13H,5,7,9H2,1-2H3,(H,17,18). The van der Waals surface area contributed by atoms with Crippen LogP contribution in [0.3, 0.4) is 0 Å². The van der Waals surface area contributed by atoms with E-state index in [1.807, 2.05) is 6.92 Å². The fourth-order valence-electron chi connectivity index (χ4n) is 2.79. The predicted molar refractivity (Wildman–Crippen MR) is 83.9 cm³/mol. The Morgan fingerprint density at radius 1 is 1.43 bits per heavy atom. The van der Waals surface area contributed by atoms with Gasteiger partial charge in [0.05, 0.1) is 18.8 Å². The van der Waals surface area contributed by atoms with Crippen LogP contribution in [0.5, 0.6) is 0 Å². The lowest BCUT2D eigenvalue weighted by atomic mass is 9.88. The van der Waals surface area contributed by atoms with Crippen LogP contribution in [-0.2, 0) is 11.2 Å². The van der Waals surface area contributed by atoms with Gasteiger partial charge in [0.25, 0.3) is 0 Å². The highest BCUT2D eigenvalue weighted by Crippen LogP contribution is 2.34. The van der Waals surface area contributed by atoms with Crippen molar-refractivity contribution in [3.05, 3.63) is 46.0 Å². The van der Waals surface area contributed by atoms with Crippen molar-refractivity contribution in [3.8, 4) is 0 Å². The van der Waals surface area contributed by atoms with E-state index < -0.39 is 0 Å². The molecule has 0 fully saturated rings. The third-order valence-electron chi connectivity index (χ3n) is 3.83. The van der Waals surface area contributed by atoms with Gasteiger partial charge in [-0.15, -0.1) is 0 Å². The van der Waals surface area contributed by atoms with E-state index in [1.54, 1.807) is 0 Å². The van der Waals surface area contributed by atoms with Gasteiger partial charge in [0, 0.05) is 0 Å². The molecule has 0 saturated heterocycles. The number of carbonyl (C=O) groups excluding carboxylic acids is 1. The Labute approximate surface area is 128 Å². The van der Waals surface area contributed by atoms with Gasteiger partial charge in [-0.05, 0) is 37.3 Å². The molecule has 1 aromatic heterocycles. The molecule has 3 rings (SSSR count). The van der Waals surface area contributed by atoms with E-state index in [0.717, 1.165) is 23.7 Å². The maximum absolute atomic E-state index is 11.7. The number of hydrogen-bond donors (Lipinski definition) is 1. The minimum atomic E-state index is -0.318. The summed E-state index contributed by atoms with van der Waals surface area (Å²) < 4.78 is 4.78. The van der Waals surface area contributed by atoms with Crippen molar-refractivity contribution in [1.29, 1.82) is 0 Å². The van der Waals surface area contributed by atoms with Crippen LogP contribution in [0.1, 0.15) is 45.4 Å². The Bertz CT molecular complexity index is 666. The second-order valence-electron chi connectivity index (χ2n) is 5.21. The summed E-state index contributed by atoms with van der Waals surface area (Å²) in [5, 5.41) is 4.26. The van der Waals surface area contributed by atoms with Gasteiger partial charge in [-0.25, -0.2) is 9.78 Å². The molecular formula is C16H18N2O2S. The van der Waals surface area contributed by atoms with Crippen molar-refractivity contribution in [2.75, 3.05) is 12.4 Å². The topological polar surface area (TPSA) is 51.2 Å². The molecule has 1 aromatic carbocycles. The van der Waals surface area contributed by atoms with Gasteiger partial charge in [0.15, 0.2) is 5.13 Å². The van der Waals surface area contributed by atoms with Crippen LogP contribution in [0.2, 0.25) is 0 Å². The lowest BCUT2D eigenvalue weighted by Crippen LogP contribution is -2.17. The zero-order valence-corrected chi connectivity index (χ0v) is 13.0. The third kappa shape index (κ3) is 2.78. The number of rotatable bonds is 3. The average Bonchev–Trinajstić information content (AvgIpc) is 2.87. The van der Waals surface area contributed by atoms with Crippen molar-refractivity contribution in [2.45, 2.75) is 32.2 Å². The lowest BCUT2D eigenvalue weighted by Gasteiger charge is -2.26. The Morgan fingerprint density at radius 2 is 2.24 bits per heavy atom. The average molecular weight is 302 g/mol. The van der Waals surface area contributed by atoms with Crippen molar-refractivity contribution in [3.63, 3.8) is 0 Å². The summed E-state index contributed by atoms with van der Waals surface area (Å²) in [7, 11) is 1.39. The predicted octanol–water partition coefficient (Wildman–Crippen LogP) is 3.73. The van der Waals surface area contributed by atoms with E-state index in [-0.39, 0.29) is 12.0 Å². The maximum atomic E-state index is 11.7. The number of aryl methyl sites for hydroxylation is 2. The molecule has 1 aliphatic rings. The number of anilines is 1. The second kappa shape index (κ2) is 5.85. The van der Waals surface area contributed by atoms with Crippen LogP contribution in [0.15, 0.2) is 24.3 Å². The van der Waals surface area contributed by atoms with Gasteiger partial charge in [0.2, 0.25) is 0 Å². The zero-order chi connectivity index (χ0) is 14.8. The first kappa shape index (κ1) is 14.1. The summed E-state index contributed by atoms with van der Waals surface area (Å²) in [6.07, 6.45) is 3.39. The van der Waals surface area contributed by atoms with Crippen LogP contribution < -0.4 is 5.32 Å². The molecule has 110 valence electrons. The van der Waals surface area contributed by atoms with Gasteiger partial charge >= 0.3 is 5.97 Å². The molecule has 0 spiro atoms. The Hall–Kier alpha value is -1.88. The van der Waals surface area contributed by atoms with Gasteiger partial charge in [-0.3, -0.25) is 0 Å². The highest BCUT2D eigenvalue weighted by molar-refractivity contribution is 7.17. The molecule has 1 atom stereocenters. The number of thiazole rings is 1. The normalized spacial score (nSPS) is 17.1. The lowest BCUT2D eigenvalue weighted by molar-refractivity contribution is 0.0605. The van der Waals surface area contributed by atoms with Crippen LogP contribution in [0.25, 0.3) is 0 Å². The number of nitrogens with zero attached hydrogens (tertiary/aromatic N) is 1. The number of carbonyl (C=O) groups is 1. The molecule has 1 N–H and O–H groups in total. The molecule has 1 aliphatic carbocycles. The smallest absolute Gasteiger partial charge is 0.350 e. The zero-order valence-electron chi connectivity index (χ0n) is 12.2. The van der Waals surface area contributed by atoms with Crippen molar-refractivity contribution >= 4 is 22.4 Å². The molecule has 0 radical (unpaired) electrons. The first-order valence-corrected chi connectivity index (χ1v) is 7.90. The van der Waals surface area contributed by atoms with Crippen LogP contribution in [-0.4, -0.2) is 18.1 Å². The number of esters is 1. The molecular weight excluding hydrogens is 284 g/mol. The number of benzene rings is 1. The van der Waals surface area contributed by atoms with Crippen LogP contribution in [0, 0.1) is 6.92 Å². The first-order valence-electron chi connectivity index (χ1n) is 7.09. The number of ether oxygens (including phenoxy) is 1. The first-order chi connectivity index (χ1) is 10.2. The molecule has 2 aromatic rings. The van der Waals surface area contributed by atoms with Crippen molar-refractivity contribution < 1.29 is 9.53 Å². The van der Waals surface area contributed by atoms with Gasteiger partial charge < -0.3 is 10.1 Å². The Kier molecular flexibility index (Phi) is 3.92. The Morgan fingerprint density at radius 3 is 3.05 bits per heavy atom. The fraction of sp³-hybridized carbons (Fsp3) is 0.375. The molecule has 0 amide bonds. The molecule has 0 saturated carbocycles. The SMILES string of the molecule is COC(=O)c1sc(NC2CCCc3ccccc32)nc1C. The summed E-state index contributed by atoms with van der Waals surface area (Å²) >= 11 is 1.36. The minimum absolute atomic E-state index is 0.269. The molecule has 21 heavy (non-hydrogen) atoms. The fourth-order valence-corrected chi connectivity index (χ4v) is 3.73. The van der Waals surface area contributed by atoms with E-state index in [2.05, 4.69) is 34.6 Å². The van der Waals surface area contributed by atoms with E-state index in [9.17, 15) is 4.79 Å². The van der Waals surface area contributed by atoms with Crippen molar-refractivity contribution in [2.24, 2.45) is 0 Å². The second-order valence-corrected chi connectivity index (χ2v) is 6.21. The molecule has 1 heterocycles. The van der Waals surface area contributed by atoms with E-state index >= 15 is 0 Å². The largest absolute Gasteiger partial charge is 0.465 e. The van der Waals surface area contributed by atoms with Gasteiger partial charge in [0.1, 0.15) is 4.88 Å². The number of hydrogen-bond acceptors (Lipinski definition) is 5. The number of nitrogens with one attached hydrogen (secondary N) is 1. The van der Waals surface area contributed by atoms with E-state index in [0.29, 0.717) is 4.88 Å². The summed E-state index contributed by atoms with van der Waals surface area (Å²) in [5.74, 6) is -0.318. The van der Waals surface area contributed by atoms with E-state index in [1.165, 1.54) is 36.0 Å². The minimum Gasteiger partial charge on any atom is -0.465 e.